The Labute approximate surface area is 163 Å². The van der Waals surface area contributed by atoms with Gasteiger partial charge in [-0.1, -0.05) is 109 Å². The molecule has 0 aromatic heterocycles. The van der Waals surface area contributed by atoms with Crippen LogP contribution >= 0.6 is 0 Å². The van der Waals surface area contributed by atoms with Crippen molar-refractivity contribution in [3.8, 4) is 5.75 Å². The maximum absolute atomic E-state index is 10.1. The standard InChI is InChI=1S/C25H44O/c1-3-5-7-9-11-13-14-16-18-23-20-21-25(26)24(22-23)19-17-15-12-10-8-6-4-2/h20-22,26H,3-19H2,1-2H3. The van der Waals surface area contributed by atoms with E-state index in [0.29, 0.717) is 5.75 Å². The maximum atomic E-state index is 10.1. The Morgan fingerprint density at radius 3 is 1.58 bits per heavy atom. The molecule has 0 bridgehead atoms. The molecule has 0 aliphatic carbocycles. The van der Waals surface area contributed by atoms with Crippen LogP contribution in [0.2, 0.25) is 0 Å². The van der Waals surface area contributed by atoms with E-state index in [-0.39, 0.29) is 0 Å². The predicted octanol–water partition coefficient (Wildman–Crippen LogP) is 8.37. The quantitative estimate of drug-likeness (QED) is 0.277. The molecule has 0 saturated carbocycles. The molecule has 1 aromatic rings. The minimum atomic E-state index is 0.496. The maximum Gasteiger partial charge on any atom is 0.118 e. The molecule has 1 rings (SSSR count). The molecule has 0 unspecified atom stereocenters. The van der Waals surface area contributed by atoms with Crippen LogP contribution in [0.25, 0.3) is 0 Å². The highest BCUT2D eigenvalue weighted by molar-refractivity contribution is 5.36. The van der Waals surface area contributed by atoms with Gasteiger partial charge >= 0.3 is 0 Å². The molecule has 0 aliphatic heterocycles. The van der Waals surface area contributed by atoms with Crippen LogP contribution in [0.1, 0.15) is 121 Å². The van der Waals surface area contributed by atoms with Crippen molar-refractivity contribution in [2.45, 2.75) is 123 Å². The first-order valence-corrected chi connectivity index (χ1v) is 11.6. The number of phenols is 1. The number of aryl methyl sites for hydroxylation is 2. The lowest BCUT2D eigenvalue weighted by Crippen LogP contribution is -1.92. The zero-order chi connectivity index (χ0) is 18.9. The Morgan fingerprint density at radius 2 is 1.04 bits per heavy atom. The molecule has 0 heterocycles. The Hall–Kier alpha value is -0.980. The van der Waals surface area contributed by atoms with E-state index in [2.05, 4.69) is 26.0 Å². The monoisotopic (exact) mass is 360 g/mol. The van der Waals surface area contributed by atoms with Gasteiger partial charge in [0.1, 0.15) is 5.75 Å². The summed E-state index contributed by atoms with van der Waals surface area (Å²) in [5, 5.41) is 10.1. The Kier molecular flexibility index (Phi) is 14.4. The smallest absolute Gasteiger partial charge is 0.118 e. The van der Waals surface area contributed by atoms with Crippen LogP contribution in [0.15, 0.2) is 18.2 Å². The lowest BCUT2D eigenvalue weighted by Gasteiger charge is -2.08. The van der Waals surface area contributed by atoms with Crippen molar-refractivity contribution >= 4 is 0 Å². The van der Waals surface area contributed by atoms with Gasteiger partial charge in [-0.3, -0.25) is 0 Å². The van der Waals surface area contributed by atoms with Gasteiger partial charge in [-0.05, 0) is 42.9 Å². The molecule has 1 aromatic carbocycles. The second-order valence-corrected chi connectivity index (χ2v) is 8.06. The van der Waals surface area contributed by atoms with Crippen molar-refractivity contribution in [2.24, 2.45) is 0 Å². The summed E-state index contributed by atoms with van der Waals surface area (Å²) in [6, 6.07) is 6.29. The van der Waals surface area contributed by atoms with Crippen molar-refractivity contribution in [3.63, 3.8) is 0 Å². The van der Waals surface area contributed by atoms with E-state index in [9.17, 15) is 5.11 Å². The van der Waals surface area contributed by atoms with Gasteiger partial charge in [0, 0.05) is 0 Å². The highest BCUT2D eigenvalue weighted by atomic mass is 16.3. The average molecular weight is 361 g/mol. The Balaban J connectivity index is 2.16. The van der Waals surface area contributed by atoms with Gasteiger partial charge in [0.05, 0.1) is 0 Å². The van der Waals surface area contributed by atoms with E-state index < -0.39 is 0 Å². The topological polar surface area (TPSA) is 20.2 Å². The van der Waals surface area contributed by atoms with E-state index in [0.717, 1.165) is 12.0 Å². The lowest BCUT2D eigenvalue weighted by molar-refractivity contribution is 0.465. The molecule has 0 saturated heterocycles. The number of benzene rings is 1. The van der Waals surface area contributed by atoms with Crippen molar-refractivity contribution in [3.05, 3.63) is 29.3 Å². The highest BCUT2D eigenvalue weighted by Crippen LogP contribution is 2.22. The first kappa shape index (κ1) is 23.1. The van der Waals surface area contributed by atoms with Crippen LogP contribution in [-0.2, 0) is 12.8 Å². The first-order chi connectivity index (χ1) is 12.8. The largest absolute Gasteiger partial charge is 0.508 e. The highest BCUT2D eigenvalue weighted by Gasteiger charge is 2.03. The van der Waals surface area contributed by atoms with Crippen LogP contribution in [0, 0.1) is 0 Å². The lowest BCUT2D eigenvalue weighted by atomic mass is 9.99. The molecular formula is C25H44O. The summed E-state index contributed by atoms with van der Waals surface area (Å²) in [5.41, 5.74) is 2.57. The Bertz CT molecular complexity index is 438. The van der Waals surface area contributed by atoms with E-state index in [1.54, 1.807) is 0 Å². The second-order valence-electron chi connectivity index (χ2n) is 8.06. The summed E-state index contributed by atoms with van der Waals surface area (Å²) in [6.45, 7) is 4.54. The summed E-state index contributed by atoms with van der Waals surface area (Å²) in [5.74, 6) is 0.496. The molecule has 1 heteroatoms. The van der Waals surface area contributed by atoms with Gasteiger partial charge in [-0.25, -0.2) is 0 Å². The number of phenolic OH excluding ortho intramolecular Hbond substituents is 1. The fourth-order valence-electron chi connectivity index (χ4n) is 3.73. The molecule has 0 aliphatic rings. The van der Waals surface area contributed by atoms with Gasteiger partial charge in [-0.15, -0.1) is 0 Å². The first-order valence-electron chi connectivity index (χ1n) is 11.6. The minimum absolute atomic E-state index is 0.496. The van der Waals surface area contributed by atoms with Crippen LogP contribution in [0.4, 0.5) is 0 Å². The van der Waals surface area contributed by atoms with Crippen molar-refractivity contribution in [2.75, 3.05) is 0 Å². The summed E-state index contributed by atoms with van der Waals surface area (Å²) >= 11 is 0. The molecule has 0 atom stereocenters. The molecule has 0 radical (unpaired) electrons. The summed E-state index contributed by atoms with van der Waals surface area (Å²) in [4.78, 5) is 0. The van der Waals surface area contributed by atoms with E-state index >= 15 is 0 Å². The number of unbranched alkanes of at least 4 members (excludes halogenated alkanes) is 13. The summed E-state index contributed by atoms with van der Waals surface area (Å²) in [6.07, 6.45) is 22.5. The molecule has 1 N–H and O–H groups in total. The van der Waals surface area contributed by atoms with E-state index in [1.807, 2.05) is 6.07 Å². The molecule has 0 amide bonds. The third-order valence-electron chi connectivity index (χ3n) is 5.51. The normalized spacial score (nSPS) is 11.2. The number of hydrogen-bond donors (Lipinski definition) is 1. The average Bonchev–Trinajstić information content (AvgIpc) is 2.65. The SMILES string of the molecule is CCCCCCCCCCc1ccc(O)c(CCCCCCCCC)c1. The zero-order valence-corrected chi connectivity index (χ0v) is 17.7. The van der Waals surface area contributed by atoms with E-state index in [1.165, 1.54) is 108 Å². The fourth-order valence-corrected chi connectivity index (χ4v) is 3.73. The number of aromatic hydroxyl groups is 1. The molecule has 0 spiro atoms. The molecule has 0 fully saturated rings. The van der Waals surface area contributed by atoms with Crippen molar-refractivity contribution < 1.29 is 5.11 Å². The molecule has 150 valence electrons. The number of rotatable bonds is 17. The van der Waals surface area contributed by atoms with Crippen LogP contribution < -0.4 is 0 Å². The Morgan fingerprint density at radius 1 is 0.577 bits per heavy atom. The van der Waals surface area contributed by atoms with E-state index in [4.69, 9.17) is 0 Å². The summed E-state index contributed by atoms with van der Waals surface area (Å²) < 4.78 is 0. The van der Waals surface area contributed by atoms with Gasteiger partial charge < -0.3 is 5.11 Å². The molecule has 1 nitrogen and oxygen atoms in total. The third kappa shape index (κ3) is 11.6. The molecular weight excluding hydrogens is 316 g/mol. The fraction of sp³-hybridized carbons (Fsp3) is 0.760. The number of hydrogen-bond acceptors (Lipinski definition) is 1. The summed E-state index contributed by atoms with van der Waals surface area (Å²) in [7, 11) is 0. The van der Waals surface area contributed by atoms with Crippen LogP contribution in [-0.4, -0.2) is 5.11 Å². The molecule has 26 heavy (non-hydrogen) atoms. The van der Waals surface area contributed by atoms with Crippen molar-refractivity contribution in [1.82, 2.24) is 0 Å². The minimum Gasteiger partial charge on any atom is -0.508 e. The predicted molar refractivity (Wildman–Crippen MR) is 116 cm³/mol. The third-order valence-corrected chi connectivity index (χ3v) is 5.51. The van der Waals surface area contributed by atoms with Gasteiger partial charge in [0.15, 0.2) is 0 Å². The zero-order valence-electron chi connectivity index (χ0n) is 17.7. The van der Waals surface area contributed by atoms with Gasteiger partial charge in [0.25, 0.3) is 0 Å². The van der Waals surface area contributed by atoms with Gasteiger partial charge in [-0.2, -0.15) is 0 Å². The van der Waals surface area contributed by atoms with Crippen LogP contribution in [0.5, 0.6) is 5.75 Å². The second kappa shape index (κ2) is 16.2. The van der Waals surface area contributed by atoms with Crippen LogP contribution in [0.3, 0.4) is 0 Å². The van der Waals surface area contributed by atoms with Crippen molar-refractivity contribution in [1.29, 1.82) is 0 Å². The van der Waals surface area contributed by atoms with Gasteiger partial charge in [0.2, 0.25) is 0 Å².